The topological polar surface area (TPSA) is 81.8 Å². The van der Waals surface area contributed by atoms with Gasteiger partial charge in [0.15, 0.2) is 0 Å². The number of rotatable bonds is 4. The maximum atomic E-state index is 11.6. The first-order valence-electron chi connectivity index (χ1n) is 5.09. The monoisotopic (exact) mass is 250 g/mol. The molecule has 0 spiro atoms. The zero-order chi connectivity index (χ0) is 12.2. The molecule has 1 heterocycles. The van der Waals surface area contributed by atoms with E-state index < -0.39 is 10.2 Å². The van der Waals surface area contributed by atoms with Gasteiger partial charge in [0.2, 0.25) is 5.91 Å². The van der Waals surface area contributed by atoms with Gasteiger partial charge in [-0.3, -0.25) is 4.79 Å². The summed E-state index contributed by atoms with van der Waals surface area (Å²) in [6, 6.07) is 0. The van der Waals surface area contributed by atoms with Gasteiger partial charge in [-0.2, -0.15) is 17.4 Å². The van der Waals surface area contributed by atoms with Gasteiger partial charge in [-0.05, 0) is 0 Å². The Morgan fingerprint density at radius 3 is 2.44 bits per heavy atom. The van der Waals surface area contributed by atoms with Crippen LogP contribution in [0.2, 0.25) is 0 Å². The van der Waals surface area contributed by atoms with Crippen molar-refractivity contribution in [3.8, 4) is 0 Å². The Labute approximate surface area is 96.0 Å². The fourth-order valence-corrected chi connectivity index (χ4v) is 1.87. The molecule has 0 aliphatic carbocycles. The van der Waals surface area contributed by atoms with Gasteiger partial charge in [0.25, 0.3) is 10.2 Å². The summed E-state index contributed by atoms with van der Waals surface area (Å²) >= 11 is 0. The number of piperazine rings is 1. The lowest BCUT2D eigenvalue weighted by Crippen LogP contribution is -2.50. The van der Waals surface area contributed by atoms with E-state index in [1.54, 1.807) is 4.90 Å². The van der Waals surface area contributed by atoms with E-state index in [1.807, 2.05) is 0 Å². The highest BCUT2D eigenvalue weighted by Crippen LogP contribution is 1.94. The quantitative estimate of drug-likeness (QED) is 0.594. The molecule has 1 fully saturated rings. The first kappa shape index (κ1) is 13.4. The van der Waals surface area contributed by atoms with Crippen molar-refractivity contribution in [3.05, 3.63) is 0 Å². The summed E-state index contributed by atoms with van der Waals surface area (Å²) in [6.07, 6.45) is 0. The van der Waals surface area contributed by atoms with Crippen LogP contribution in [-0.2, 0) is 15.0 Å². The Morgan fingerprint density at radius 2 is 1.94 bits per heavy atom. The molecule has 1 aliphatic rings. The standard InChI is InChI=1S/C8H18N4O3S/c1-11(2)16(14,15)10-7-8(13)12-5-3-9-4-6-12/h9-10H,3-7H2,1-2H3. The van der Waals surface area contributed by atoms with Crippen molar-refractivity contribution in [2.75, 3.05) is 46.8 Å². The van der Waals surface area contributed by atoms with Gasteiger partial charge >= 0.3 is 0 Å². The van der Waals surface area contributed by atoms with Crippen LogP contribution < -0.4 is 10.0 Å². The maximum absolute atomic E-state index is 11.6. The third kappa shape index (κ3) is 3.71. The number of nitrogens with zero attached hydrogens (tertiary/aromatic N) is 2. The Morgan fingerprint density at radius 1 is 1.38 bits per heavy atom. The van der Waals surface area contributed by atoms with Crippen LogP contribution in [0.4, 0.5) is 0 Å². The van der Waals surface area contributed by atoms with Gasteiger partial charge in [-0.25, -0.2) is 0 Å². The summed E-state index contributed by atoms with van der Waals surface area (Å²) in [5.74, 6) is -0.188. The summed E-state index contributed by atoms with van der Waals surface area (Å²) in [7, 11) is -0.683. The number of nitrogens with one attached hydrogen (secondary N) is 2. The first-order chi connectivity index (χ1) is 7.43. The maximum Gasteiger partial charge on any atom is 0.279 e. The summed E-state index contributed by atoms with van der Waals surface area (Å²) in [5.41, 5.74) is 0. The van der Waals surface area contributed by atoms with Gasteiger partial charge in [0.1, 0.15) is 0 Å². The Balaban J connectivity index is 2.40. The van der Waals surface area contributed by atoms with Crippen LogP contribution in [0.25, 0.3) is 0 Å². The fraction of sp³-hybridized carbons (Fsp3) is 0.875. The Kier molecular flexibility index (Phi) is 4.66. The van der Waals surface area contributed by atoms with E-state index in [9.17, 15) is 13.2 Å². The second-order valence-corrected chi connectivity index (χ2v) is 5.71. The highest BCUT2D eigenvalue weighted by atomic mass is 32.2. The molecule has 94 valence electrons. The van der Waals surface area contributed by atoms with E-state index in [0.29, 0.717) is 13.1 Å². The van der Waals surface area contributed by atoms with E-state index in [0.717, 1.165) is 17.4 Å². The van der Waals surface area contributed by atoms with Crippen molar-refractivity contribution in [2.24, 2.45) is 0 Å². The number of hydrogen-bond donors (Lipinski definition) is 2. The van der Waals surface area contributed by atoms with Crippen molar-refractivity contribution in [3.63, 3.8) is 0 Å². The second-order valence-electron chi connectivity index (χ2n) is 3.74. The van der Waals surface area contributed by atoms with Crippen LogP contribution in [0.1, 0.15) is 0 Å². The van der Waals surface area contributed by atoms with E-state index >= 15 is 0 Å². The summed E-state index contributed by atoms with van der Waals surface area (Å²) in [6.45, 7) is 2.59. The minimum atomic E-state index is -3.51. The summed E-state index contributed by atoms with van der Waals surface area (Å²) in [4.78, 5) is 13.3. The predicted molar refractivity (Wildman–Crippen MR) is 60.1 cm³/mol. The summed E-state index contributed by atoms with van der Waals surface area (Å²) in [5, 5.41) is 3.12. The minimum Gasteiger partial charge on any atom is -0.339 e. The molecule has 0 radical (unpaired) electrons. The lowest BCUT2D eigenvalue weighted by atomic mass is 10.3. The average molecular weight is 250 g/mol. The molecule has 2 N–H and O–H groups in total. The Bertz CT molecular complexity index is 335. The molecule has 0 atom stereocenters. The van der Waals surface area contributed by atoms with E-state index in [1.165, 1.54) is 14.1 Å². The second kappa shape index (κ2) is 5.58. The van der Waals surface area contributed by atoms with E-state index in [2.05, 4.69) is 10.0 Å². The van der Waals surface area contributed by atoms with Crippen LogP contribution in [0.3, 0.4) is 0 Å². The van der Waals surface area contributed by atoms with Crippen molar-refractivity contribution in [2.45, 2.75) is 0 Å². The lowest BCUT2D eigenvalue weighted by Gasteiger charge is -2.27. The normalized spacial score (nSPS) is 17.8. The van der Waals surface area contributed by atoms with Crippen molar-refractivity contribution >= 4 is 16.1 Å². The molecular formula is C8H18N4O3S. The third-order valence-electron chi connectivity index (χ3n) is 2.36. The fourth-order valence-electron chi connectivity index (χ4n) is 1.31. The van der Waals surface area contributed by atoms with Gasteiger partial charge in [-0.1, -0.05) is 0 Å². The third-order valence-corrected chi connectivity index (χ3v) is 3.83. The predicted octanol–water partition coefficient (Wildman–Crippen LogP) is -2.19. The van der Waals surface area contributed by atoms with Crippen molar-refractivity contribution in [1.82, 2.24) is 19.2 Å². The molecule has 0 saturated carbocycles. The van der Waals surface area contributed by atoms with Crippen molar-refractivity contribution in [1.29, 1.82) is 0 Å². The van der Waals surface area contributed by atoms with Crippen LogP contribution in [-0.4, -0.2) is 70.3 Å². The zero-order valence-electron chi connectivity index (χ0n) is 9.56. The molecule has 8 heteroatoms. The molecule has 16 heavy (non-hydrogen) atoms. The molecule has 0 aromatic rings. The lowest BCUT2D eigenvalue weighted by molar-refractivity contribution is -0.130. The van der Waals surface area contributed by atoms with Gasteiger partial charge in [0.05, 0.1) is 6.54 Å². The van der Waals surface area contributed by atoms with Crippen LogP contribution in [0.15, 0.2) is 0 Å². The molecule has 1 amide bonds. The van der Waals surface area contributed by atoms with Gasteiger partial charge < -0.3 is 10.2 Å². The van der Waals surface area contributed by atoms with Crippen molar-refractivity contribution < 1.29 is 13.2 Å². The number of amides is 1. The number of hydrogen-bond acceptors (Lipinski definition) is 4. The zero-order valence-corrected chi connectivity index (χ0v) is 10.4. The first-order valence-corrected chi connectivity index (χ1v) is 6.53. The number of carbonyl (C=O) groups is 1. The van der Waals surface area contributed by atoms with Crippen LogP contribution in [0, 0.1) is 0 Å². The molecule has 0 aromatic heterocycles. The smallest absolute Gasteiger partial charge is 0.279 e. The van der Waals surface area contributed by atoms with Gasteiger partial charge in [-0.15, -0.1) is 0 Å². The van der Waals surface area contributed by atoms with E-state index in [-0.39, 0.29) is 12.5 Å². The molecule has 7 nitrogen and oxygen atoms in total. The molecular weight excluding hydrogens is 232 g/mol. The van der Waals surface area contributed by atoms with E-state index in [4.69, 9.17) is 0 Å². The molecule has 1 aliphatic heterocycles. The molecule has 0 unspecified atom stereocenters. The van der Waals surface area contributed by atoms with Crippen LogP contribution in [0.5, 0.6) is 0 Å². The molecule has 0 aromatic carbocycles. The summed E-state index contributed by atoms with van der Waals surface area (Å²) < 4.78 is 26.0. The highest BCUT2D eigenvalue weighted by molar-refractivity contribution is 7.87. The SMILES string of the molecule is CN(C)S(=O)(=O)NCC(=O)N1CCNCC1. The molecule has 1 saturated heterocycles. The number of carbonyl (C=O) groups excluding carboxylic acids is 1. The Hall–Kier alpha value is -0.700. The minimum absolute atomic E-state index is 0.180. The average Bonchev–Trinajstić information content (AvgIpc) is 2.27. The highest BCUT2D eigenvalue weighted by Gasteiger charge is 2.19. The molecule has 0 bridgehead atoms. The molecule has 1 rings (SSSR count). The van der Waals surface area contributed by atoms with Gasteiger partial charge in [0, 0.05) is 40.3 Å². The largest absolute Gasteiger partial charge is 0.339 e. The van der Waals surface area contributed by atoms with Crippen LogP contribution >= 0.6 is 0 Å².